The van der Waals surface area contributed by atoms with Gasteiger partial charge in [-0.05, 0) is 6.42 Å². The molecule has 0 amide bonds. The van der Waals surface area contributed by atoms with Crippen LogP contribution in [0.25, 0.3) is 0 Å². The maximum atomic E-state index is 11.2. The summed E-state index contributed by atoms with van der Waals surface area (Å²) < 4.78 is 5.02. The Labute approximate surface area is 99.2 Å². The van der Waals surface area contributed by atoms with E-state index < -0.39 is 0 Å². The summed E-state index contributed by atoms with van der Waals surface area (Å²) in [6.07, 6.45) is 7.59. The van der Waals surface area contributed by atoms with Gasteiger partial charge in [-0.15, -0.1) is 0 Å². The topological polar surface area (TPSA) is 46.5 Å². The molecule has 0 heterocycles. The standard InChI is InChI=1S/C13H26O3/c1-3-4-5-6-7-8-9-13(15)16-11-12(2)10-14/h12,14H,3-11H2,1-2H3. The third kappa shape index (κ3) is 9.97. The van der Waals surface area contributed by atoms with Crippen LogP contribution in [-0.2, 0) is 9.53 Å². The predicted octanol–water partition coefficient (Wildman–Crippen LogP) is 2.91. The van der Waals surface area contributed by atoms with Crippen molar-refractivity contribution in [1.82, 2.24) is 0 Å². The highest BCUT2D eigenvalue weighted by molar-refractivity contribution is 5.69. The van der Waals surface area contributed by atoms with Crippen molar-refractivity contribution in [3.8, 4) is 0 Å². The first kappa shape index (κ1) is 15.4. The third-order valence-electron chi connectivity index (χ3n) is 2.57. The number of hydrogen-bond donors (Lipinski definition) is 1. The lowest BCUT2D eigenvalue weighted by atomic mass is 10.1. The van der Waals surface area contributed by atoms with Gasteiger partial charge in [-0.1, -0.05) is 46.0 Å². The van der Waals surface area contributed by atoms with Crippen molar-refractivity contribution < 1.29 is 14.6 Å². The van der Waals surface area contributed by atoms with Gasteiger partial charge >= 0.3 is 5.97 Å². The summed E-state index contributed by atoms with van der Waals surface area (Å²) >= 11 is 0. The number of unbranched alkanes of at least 4 members (excludes halogenated alkanes) is 5. The molecule has 1 unspecified atom stereocenters. The van der Waals surface area contributed by atoms with E-state index in [0.29, 0.717) is 13.0 Å². The Hall–Kier alpha value is -0.570. The van der Waals surface area contributed by atoms with E-state index in [9.17, 15) is 4.79 Å². The molecule has 1 atom stereocenters. The van der Waals surface area contributed by atoms with Crippen LogP contribution >= 0.6 is 0 Å². The third-order valence-corrected chi connectivity index (χ3v) is 2.57. The first-order chi connectivity index (χ1) is 7.70. The average molecular weight is 230 g/mol. The minimum Gasteiger partial charge on any atom is -0.465 e. The van der Waals surface area contributed by atoms with Gasteiger partial charge in [-0.3, -0.25) is 4.79 Å². The minimum atomic E-state index is -0.129. The van der Waals surface area contributed by atoms with Gasteiger partial charge in [0.25, 0.3) is 0 Å². The van der Waals surface area contributed by atoms with Crippen molar-refractivity contribution in [1.29, 1.82) is 0 Å². The van der Waals surface area contributed by atoms with Gasteiger partial charge in [0.15, 0.2) is 0 Å². The SMILES string of the molecule is CCCCCCCCC(=O)OCC(C)CO. The number of hydrogen-bond acceptors (Lipinski definition) is 3. The Balaban J connectivity index is 3.24. The quantitative estimate of drug-likeness (QED) is 0.463. The fourth-order valence-electron chi connectivity index (χ4n) is 1.41. The van der Waals surface area contributed by atoms with E-state index in [0.717, 1.165) is 12.8 Å². The summed E-state index contributed by atoms with van der Waals surface area (Å²) in [5.41, 5.74) is 0. The zero-order valence-electron chi connectivity index (χ0n) is 10.7. The van der Waals surface area contributed by atoms with Crippen LogP contribution in [0.4, 0.5) is 0 Å². The molecule has 0 radical (unpaired) electrons. The lowest BCUT2D eigenvalue weighted by molar-refractivity contribution is -0.145. The number of carbonyl (C=O) groups excluding carboxylic acids is 1. The van der Waals surface area contributed by atoms with Crippen LogP contribution in [0.3, 0.4) is 0 Å². The van der Waals surface area contributed by atoms with Crippen molar-refractivity contribution in [3.63, 3.8) is 0 Å². The highest BCUT2D eigenvalue weighted by Gasteiger charge is 2.05. The summed E-state index contributed by atoms with van der Waals surface area (Å²) in [5, 5.41) is 8.75. The van der Waals surface area contributed by atoms with E-state index in [2.05, 4.69) is 6.92 Å². The van der Waals surface area contributed by atoms with Crippen LogP contribution < -0.4 is 0 Å². The van der Waals surface area contributed by atoms with Crippen LogP contribution in [0, 0.1) is 5.92 Å². The van der Waals surface area contributed by atoms with Crippen molar-refractivity contribution in [2.45, 2.75) is 58.8 Å². The summed E-state index contributed by atoms with van der Waals surface area (Å²) in [6.45, 7) is 4.47. The maximum absolute atomic E-state index is 11.2. The second kappa shape index (κ2) is 10.9. The van der Waals surface area contributed by atoms with E-state index in [-0.39, 0.29) is 18.5 Å². The molecular weight excluding hydrogens is 204 g/mol. The van der Waals surface area contributed by atoms with Gasteiger partial charge in [0.2, 0.25) is 0 Å². The molecule has 3 heteroatoms. The number of esters is 1. The zero-order chi connectivity index (χ0) is 12.2. The van der Waals surface area contributed by atoms with Crippen molar-refractivity contribution in [2.24, 2.45) is 5.92 Å². The monoisotopic (exact) mass is 230 g/mol. The number of aliphatic hydroxyl groups is 1. The highest BCUT2D eigenvalue weighted by Crippen LogP contribution is 2.07. The summed E-state index contributed by atoms with van der Waals surface area (Å²) in [7, 11) is 0. The molecule has 0 spiro atoms. The molecule has 0 bridgehead atoms. The molecule has 0 aliphatic rings. The van der Waals surface area contributed by atoms with E-state index in [4.69, 9.17) is 9.84 Å². The van der Waals surface area contributed by atoms with Gasteiger partial charge in [0.05, 0.1) is 6.61 Å². The molecule has 96 valence electrons. The summed E-state index contributed by atoms with van der Waals surface area (Å²) in [5.74, 6) is -0.0794. The molecule has 0 aromatic carbocycles. The maximum Gasteiger partial charge on any atom is 0.305 e. The average Bonchev–Trinajstić information content (AvgIpc) is 2.30. The normalized spacial score (nSPS) is 12.4. The number of carbonyl (C=O) groups is 1. The zero-order valence-corrected chi connectivity index (χ0v) is 10.7. The lowest BCUT2D eigenvalue weighted by Crippen LogP contribution is -2.14. The fourth-order valence-corrected chi connectivity index (χ4v) is 1.41. The van der Waals surface area contributed by atoms with Crippen LogP contribution in [-0.4, -0.2) is 24.3 Å². The molecule has 0 saturated carbocycles. The van der Waals surface area contributed by atoms with Crippen LogP contribution in [0.2, 0.25) is 0 Å². The Morgan fingerprint density at radius 1 is 1.19 bits per heavy atom. The fraction of sp³-hybridized carbons (Fsp3) is 0.923. The smallest absolute Gasteiger partial charge is 0.305 e. The molecule has 0 saturated heterocycles. The second-order valence-electron chi connectivity index (χ2n) is 4.49. The molecule has 0 aliphatic carbocycles. The van der Waals surface area contributed by atoms with Gasteiger partial charge < -0.3 is 9.84 Å². The van der Waals surface area contributed by atoms with Crippen molar-refractivity contribution in [3.05, 3.63) is 0 Å². The van der Waals surface area contributed by atoms with Crippen LogP contribution in [0.15, 0.2) is 0 Å². The molecule has 3 nitrogen and oxygen atoms in total. The number of rotatable bonds is 10. The van der Waals surface area contributed by atoms with Gasteiger partial charge in [-0.2, -0.15) is 0 Å². The Bertz CT molecular complexity index is 169. The van der Waals surface area contributed by atoms with E-state index in [1.807, 2.05) is 6.92 Å². The van der Waals surface area contributed by atoms with Crippen LogP contribution in [0.5, 0.6) is 0 Å². The predicted molar refractivity (Wildman–Crippen MR) is 65.2 cm³/mol. The summed E-state index contributed by atoms with van der Waals surface area (Å²) in [4.78, 5) is 11.2. The minimum absolute atomic E-state index is 0.0495. The number of aliphatic hydroxyl groups excluding tert-OH is 1. The highest BCUT2D eigenvalue weighted by atomic mass is 16.5. The Morgan fingerprint density at radius 3 is 2.44 bits per heavy atom. The molecule has 0 fully saturated rings. The Morgan fingerprint density at radius 2 is 1.81 bits per heavy atom. The van der Waals surface area contributed by atoms with Gasteiger partial charge in [0, 0.05) is 18.9 Å². The largest absolute Gasteiger partial charge is 0.465 e. The molecular formula is C13H26O3. The van der Waals surface area contributed by atoms with E-state index in [1.54, 1.807) is 0 Å². The van der Waals surface area contributed by atoms with Crippen molar-refractivity contribution in [2.75, 3.05) is 13.2 Å². The second-order valence-corrected chi connectivity index (χ2v) is 4.49. The van der Waals surface area contributed by atoms with Crippen molar-refractivity contribution >= 4 is 5.97 Å². The molecule has 0 aliphatic heterocycles. The molecule has 0 aromatic heterocycles. The van der Waals surface area contributed by atoms with Gasteiger partial charge in [0.1, 0.15) is 0 Å². The molecule has 1 N–H and O–H groups in total. The Kier molecular flexibility index (Phi) is 10.5. The van der Waals surface area contributed by atoms with Gasteiger partial charge in [-0.25, -0.2) is 0 Å². The molecule has 16 heavy (non-hydrogen) atoms. The van der Waals surface area contributed by atoms with Crippen LogP contribution in [0.1, 0.15) is 58.8 Å². The summed E-state index contributed by atoms with van der Waals surface area (Å²) in [6, 6.07) is 0. The lowest BCUT2D eigenvalue weighted by Gasteiger charge is -2.08. The number of ether oxygens (including phenoxy) is 1. The molecule has 0 rings (SSSR count). The van der Waals surface area contributed by atoms with E-state index >= 15 is 0 Å². The first-order valence-electron chi connectivity index (χ1n) is 6.47. The molecule has 0 aromatic rings. The van der Waals surface area contributed by atoms with E-state index in [1.165, 1.54) is 25.7 Å². The first-order valence-corrected chi connectivity index (χ1v) is 6.47.